The van der Waals surface area contributed by atoms with E-state index < -0.39 is 5.41 Å². The molecule has 1 amide bonds. The molecule has 31 heavy (non-hydrogen) atoms. The summed E-state index contributed by atoms with van der Waals surface area (Å²) in [4.78, 5) is 27.5. The minimum Gasteiger partial charge on any atom is -0.468 e. The summed E-state index contributed by atoms with van der Waals surface area (Å²) in [5.41, 5.74) is 1.57. The molecule has 0 N–H and O–H groups in total. The van der Waals surface area contributed by atoms with E-state index in [-0.39, 0.29) is 11.8 Å². The molecule has 0 bridgehead atoms. The van der Waals surface area contributed by atoms with Gasteiger partial charge >= 0.3 is 0 Å². The van der Waals surface area contributed by atoms with Crippen molar-refractivity contribution in [2.45, 2.75) is 52.2 Å². The predicted molar refractivity (Wildman–Crippen MR) is 119 cm³/mol. The number of aryl methyl sites for hydroxylation is 1. The summed E-state index contributed by atoms with van der Waals surface area (Å²) in [6.07, 6.45) is 6.59. The van der Waals surface area contributed by atoms with Crippen LogP contribution in [0.3, 0.4) is 0 Å². The van der Waals surface area contributed by atoms with Crippen molar-refractivity contribution in [2.24, 2.45) is 5.41 Å². The number of hydrogen-bond acceptors (Lipinski definition) is 6. The summed E-state index contributed by atoms with van der Waals surface area (Å²) in [7, 11) is 0. The SMILES string of the molecule is Cc1nc(CN2CCC3(CN(Cc4ccco4)CC3c3cn(C(C)C)cn3)C2=O)cs1. The van der Waals surface area contributed by atoms with Crippen LogP contribution in [0.5, 0.6) is 0 Å². The van der Waals surface area contributed by atoms with Gasteiger partial charge in [0, 0.05) is 43.2 Å². The second-order valence-electron chi connectivity index (χ2n) is 9.13. The molecule has 5 heterocycles. The van der Waals surface area contributed by atoms with E-state index in [0.717, 1.165) is 48.2 Å². The Morgan fingerprint density at radius 3 is 2.90 bits per heavy atom. The van der Waals surface area contributed by atoms with E-state index in [2.05, 4.69) is 39.9 Å². The summed E-state index contributed by atoms with van der Waals surface area (Å²) in [6.45, 7) is 9.93. The minimum atomic E-state index is -0.437. The van der Waals surface area contributed by atoms with Crippen molar-refractivity contribution in [2.75, 3.05) is 19.6 Å². The van der Waals surface area contributed by atoms with Crippen LogP contribution in [0.25, 0.3) is 0 Å². The average molecular weight is 440 g/mol. The van der Waals surface area contributed by atoms with Crippen molar-refractivity contribution in [1.29, 1.82) is 0 Å². The molecule has 1 spiro atoms. The molecule has 3 aromatic rings. The maximum absolute atomic E-state index is 13.8. The van der Waals surface area contributed by atoms with Gasteiger partial charge in [0.25, 0.3) is 0 Å². The zero-order chi connectivity index (χ0) is 21.6. The fourth-order valence-electron chi connectivity index (χ4n) is 5.10. The Bertz CT molecular complexity index is 1060. The molecule has 3 aromatic heterocycles. The number of carbonyl (C=O) groups excluding carboxylic acids is 1. The van der Waals surface area contributed by atoms with E-state index in [0.29, 0.717) is 19.1 Å². The summed E-state index contributed by atoms with van der Waals surface area (Å²) < 4.78 is 7.72. The van der Waals surface area contributed by atoms with E-state index in [4.69, 9.17) is 9.40 Å². The molecular formula is C23H29N5O2S. The Morgan fingerprint density at radius 1 is 1.35 bits per heavy atom. The van der Waals surface area contributed by atoms with E-state index in [1.165, 1.54) is 0 Å². The van der Waals surface area contributed by atoms with Crippen LogP contribution in [-0.4, -0.2) is 49.9 Å². The summed E-state index contributed by atoms with van der Waals surface area (Å²) in [5, 5.41) is 3.10. The Kier molecular flexibility index (Phi) is 5.22. The molecule has 164 valence electrons. The van der Waals surface area contributed by atoms with Gasteiger partial charge in [0.2, 0.25) is 5.91 Å². The van der Waals surface area contributed by atoms with E-state index >= 15 is 0 Å². The molecule has 8 heteroatoms. The molecular weight excluding hydrogens is 410 g/mol. The van der Waals surface area contributed by atoms with Crippen molar-refractivity contribution < 1.29 is 9.21 Å². The van der Waals surface area contributed by atoms with Gasteiger partial charge in [-0.15, -0.1) is 11.3 Å². The summed E-state index contributed by atoms with van der Waals surface area (Å²) in [6, 6.07) is 4.27. The third-order valence-corrected chi connectivity index (χ3v) is 7.53. The number of likely N-dealkylation sites (tertiary alicyclic amines) is 2. The zero-order valence-electron chi connectivity index (χ0n) is 18.3. The number of carbonyl (C=O) groups is 1. The standard InChI is InChI=1S/C23H29N5O2S/c1-16(2)28-12-21(24-15-28)20-11-26(10-19-5-4-8-30-19)14-23(20)6-7-27(22(23)29)9-18-13-31-17(3)25-18/h4-5,8,12-13,15-16,20H,6-7,9-11,14H2,1-3H3. The molecule has 2 aliphatic rings. The van der Waals surface area contributed by atoms with Crippen LogP contribution in [0.15, 0.2) is 40.7 Å². The first-order valence-corrected chi connectivity index (χ1v) is 11.8. The predicted octanol–water partition coefficient (Wildman–Crippen LogP) is 3.84. The Balaban J connectivity index is 1.43. The fourth-order valence-corrected chi connectivity index (χ4v) is 5.70. The molecule has 0 aliphatic carbocycles. The number of nitrogens with zero attached hydrogens (tertiary/aromatic N) is 5. The number of amides is 1. The van der Waals surface area contributed by atoms with Gasteiger partial charge in [-0.3, -0.25) is 9.69 Å². The van der Waals surface area contributed by atoms with Crippen LogP contribution >= 0.6 is 11.3 Å². The highest BCUT2D eigenvalue weighted by molar-refractivity contribution is 7.09. The van der Waals surface area contributed by atoms with Gasteiger partial charge < -0.3 is 13.9 Å². The number of thiazole rings is 1. The molecule has 0 aromatic carbocycles. The van der Waals surface area contributed by atoms with Crippen LogP contribution in [0.2, 0.25) is 0 Å². The number of imidazole rings is 1. The third-order valence-electron chi connectivity index (χ3n) is 6.71. The molecule has 5 rings (SSSR count). The van der Waals surface area contributed by atoms with Gasteiger partial charge in [-0.05, 0) is 39.3 Å². The molecule has 7 nitrogen and oxygen atoms in total. The molecule has 0 saturated carbocycles. The lowest BCUT2D eigenvalue weighted by atomic mass is 9.75. The van der Waals surface area contributed by atoms with Crippen LogP contribution in [0.1, 0.15) is 54.4 Å². The average Bonchev–Trinajstić information content (AvgIpc) is 3.53. The van der Waals surface area contributed by atoms with Crippen molar-refractivity contribution in [1.82, 2.24) is 24.3 Å². The van der Waals surface area contributed by atoms with Gasteiger partial charge in [-0.25, -0.2) is 9.97 Å². The van der Waals surface area contributed by atoms with E-state index in [1.807, 2.05) is 30.3 Å². The summed E-state index contributed by atoms with van der Waals surface area (Å²) in [5.74, 6) is 1.25. The number of rotatable bonds is 6. The fraction of sp³-hybridized carbons (Fsp3) is 0.522. The lowest BCUT2D eigenvalue weighted by Crippen LogP contribution is -2.39. The first-order chi connectivity index (χ1) is 14.9. The molecule has 2 saturated heterocycles. The third kappa shape index (κ3) is 3.72. The van der Waals surface area contributed by atoms with E-state index in [1.54, 1.807) is 17.6 Å². The smallest absolute Gasteiger partial charge is 0.231 e. The normalized spacial score (nSPS) is 24.3. The van der Waals surface area contributed by atoms with Crippen molar-refractivity contribution in [3.63, 3.8) is 0 Å². The van der Waals surface area contributed by atoms with Crippen molar-refractivity contribution in [3.05, 3.63) is 58.5 Å². The molecule has 2 aliphatic heterocycles. The van der Waals surface area contributed by atoms with Gasteiger partial charge in [0.05, 0.1) is 47.5 Å². The van der Waals surface area contributed by atoms with Crippen LogP contribution < -0.4 is 0 Å². The van der Waals surface area contributed by atoms with Gasteiger partial charge in [-0.1, -0.05) is 0 Å². The van der Waals surface area contributed by atoms with Gasteiger partial charge in [0.1, 0.15) is 5.76 Å². The lowest BCUT2D eigenvalue weighted by Gasteiger charge is -2.28. The Morgan fingerprint density at radius 2 is 2.23 bits per heavy atom. The maximum Gasteiger partial charge on any atom is 0.231 e. The highest BCUT2D eigenvalue weighted by Crippen LogP contribution is 2.50. The Labute approximate surface area is 186 Å². The van der Waals surface area contributed by atoms with Gasteiger partial charge in [-0.2, -0.15) is 0 Å². The lowest BCUT2D eigenvalue weighted by molar-refractivity contribution is -0.136. The molecule has 2 fully saturated rings. The highest BCUT2D eigenvalue weighted by Gasteiger charge is 2.57. The van der Waals surface area contributed by atoms with Crippen LogP contribution in [-0.2, 0) is 17.9 Å². The molecule has 0 radical (unpaired) electrons. The summed E-state index contributed by atoms with van der Waals surface area (Å²) >= 11 is 1.64. The van der Waals surface area contributed by atoms with Crippen molar-refractivity contribution >= 4 is 17.2 Å². The number of aromatic nitrogens is 3. The second kappa shape index (κ2) is 7.91. The molecule has 2 unspecified atom stereocenters. The minimum absolute atomic E-state index is 0.0807. The van der Waals surface area contributed by atoms with Crippen LogP contribution in [0, 0.1) is 12.3 Å². The van der Waals surface area contributed by atoms with Crippen LogP contribution in [0.4, 0.5) is 0 Å². The Hall–Kier alpha value is -2.45. The van der Waals surface area contributed by atoms with E-state index in [9.17, 15) is 4.79 Å². The van der Waals surface area contributed by atoms with Gasteiger partial charge in [0.15, 0.2) is 0 Å². The zero-order valence-corrected chi connectivity index (χ0v) is 19.1. The largest absolute Gasteiger partial charge is 0.468 e. The quantitative estimate of drug-likeness (QED) is 0.584. The monoisotopic (exact) mass is 439 g/mol. The second-order valence-corrected chi connectivity index (χ2v) is 10.2. The highest BCUT2D eigenvalue weighted by atomic mass is 32.1. The topological polar surface area (TPSA) is 67.4 Å². The first kappa shape index (κ1) is 20.5. The molecule has 2 atom stereocenters. The number of furan rings is 1. The first-order valence-electron chi connectivity index (χ1n) is 10.9. The number of hydrogen-bond donors (Lipinski definition) is 0. The van der Waals surface area contributed by atoms with Crippen molar-refractivity contribution in [3.8, 4) is 0 Å². The maximum atomic E-state index is 13.8.